The largest absolute Gasteiger partial charge is 0.383 e. The van der Waals surface area contributed by atoms with Gasteiger partial charge in [-0.1, -0.05) is 13.8 Å². The Labute approximate surface area is 114 Å². The van der Waals surface area contributed by atoms with Crippen LogP contribution in [0.25, 0.3) is 0 Å². The Bertz CT molecular complexity index is 195. The highest BCUT2D eigenvalue weighted by Crippen LogP contribution is 2.30. The Morgan fingerprint density at radius 3 is 2.06 bits per heavy atom. The summed E-state index contributed by atoms with van der Waals surface area (Å²) in [6.45, 7) is 14.5. The molecule has 0 heterocycles. The van der Waals surface area contributed by atoms with Crippen LogP contribution in [0.3, 0.4) is 0 Å². The van der Waals surface area contributed by atoms with Crippen molar-refractivity contribution >= 4 is 0 Å². The molecule has 18 heavy (non-hydrogen) atoms. The molecule has 0 aliphatic carbocycles. The Morgan fingerprint density at radius 1 is 1.00 bits per heavy atom. The van der Waals surface area contributed by atoms with Crippen molar-refractivity contribution < 1.29 is 9.47 Å². The van der Waals surface area contributed by atoms with Gasteiger partial charge in [-0.3, -0.25) is 0 Å². The van der Waals surface area contributed by atoms with E-state index in [9.17, 15) is 0 Å². The Morgan fingerprint density at radius 2 is 1.61 bits per heavy atom. The standard InChI is InChI=1S/C15H33NO2/c1-7-15(8-2,13-16-10-12-17-6)9-11-18-14(3,4)5/h16H,7-13H2,1-6H3. The van der Waals surface area contributed by atoms with Crippen LogP contribution in [0.5, 0.6) is 0 Å². The number of nitrogens with one attached hydrogen (secondary N) is 1. The smallest absolute Gasteiger partial charge is 0.0598 e. The molecule has 0 spiro atoms. The number of hydrogen-bond acceptors (Lipinski definition) is 3. The van der Waals surface area contributed by atoms with E-state index in [0.717, 1.165) is 32.7 Å². The van der Waals surface area contributed by atoms with E-state index in [-0.39, 0.29) is 5.60 Å². The molecule has 3 nitrogen and oxygen atoms in total. The Hall–Kier alpha value is -0.120. The van der Waals surface area contributed by atoms with E-state index in [1.165, 1.54) is 12.8 Å². The molecule has 0 fully saturated rings. The third kappa shape index (κ3) is 8.06. The van der Waals surface area contributed by atoms with E-state index >= 15 is 0 Å². The van der Waals surface area contributed by atoms with Gasteiger partial charge in [-0.2, -0.15) is 0 Å². The molecule has 0 saturated heterocycles. The van der Waals surface area contributed by atoms with Gasteiger partial charge in [0.25, 0.3) is 0 Å². The first kappa shape index (κ1) is 17.9. The van der Waals surface area contributed by atoms with Crippen LogP contribution in [0.4, 0.5) is 0 Å². The van der Waals surface area contributed by atoms with Crippen molar-refractivity contribution in [3.05, 3.63) is 0 Å². The molecule has 0 saturated carbocycles. The van der Waals surface area contributed by atoms with Gasteiger partial charge in [0.2, 0.25) is 0 Å². The molecular weight excluding hydrogens is 226 g/mol. The second-order valence-electron chi connectivity index (χ2n) is 6.09. The number of methoxy groups -OCH3 is 1. The lowest BCUT2D eigenvalue weighted by Crippen LogP contribution is -2.36. The maximum absolute atomic E-state index is 5.86. The van der Waals surface area contributed by atoms with Crippen molar-refractivity contribution in [2.75, 3.05) is 33.4 Å². The van der Waals surface area contributed by atoms with Crippen molar-refractivity contribution in [2.24, 2.45) is 5.41 Å². The van der Waals surface area contributed by atoms with Crippen LogP contribution in [0, 0.1) is 5.41 Å². The van der Waals surface area contributed by atoms with E-state index in [1.54, 1.807) is 7.11 Å². The van der Waals surface area contributed by atoms with Gasteiger partial charge in [0.15, 0.2) is 0 Å². The summed E-state index contributed by atoms with van der Waals surface area (Å²) >= 11 is 0. The second kappa shape index (κ2) is 8.89. The van der Waals surface area contributed by atoms with Gasteiger partial charge in [-0.05, 0) is 45.4 Å². The van der Waals surface area contributed by atoms with Gasteiger partial charge >= 0.3 is 0 Å². The van der Waals surface area contributed by atoms with Crippen LogP contribution >= 0.6 is 0 Å². The second-order valence-corrected chi connectivity index (χ2v) is 6.09. The third-order valence-electron chi connectivity index (χ3n) is 3.65. The van der Waals surface area contributed by atoms with Crippen molar-refractivity contribution in [1.29, 1.82) is 0 Å². The molecule has 0 radical (unpaired) electrons. The number of rotatable bonds is 10. The highest BCUT2D eigenvalue weighted by atomic mass is 16.5. The molecule has 3 heteroatoms. The highest BCUT2D eigenvalue weighted by Gasteiger charge is 2.26. The first-order valence-electron chi connectivity index (χ1n) is 7.23. The van der Waals surface area contributed by atoms with Crippen LogP contribution in [-0.2, 0) is 9.47 Å². The van der Waals surface area contributed by atoms with E-state index in [0.29, 0.717) is 5.41 Å². The lowest BCUT2D eigenvalue weighted by Gasteiger charge is -2.33. The van der Waals surface area contributed by atoms with Crippen LogP contribution in [0.15, 0.2) is 0 Å². The highest BCUT2D eigenvalue weighted by molar-refractivity contribution is 4.79. The summed E-state index contributed by atoms with van der Waals surface area (Å²) < 4.78 is 10.9. The minimum absolute atomic E-state index is 0.0310. The fourth-order valence-corrected chi connectivity index (χ4v) is 2.04. The van der Waals surface area contributed by atoms with Crippen molar-refractivity contribution in [3.63, 3.8) is 0 Å². The fourth-order valence-electron chi connectivity index (χ4n) is 2.04. The van der Waals surface area contributed by atoms with Crippen LogP contribution in [0.1, 0.15) is 53.9 Å². The Kier molecular flexibility index (Phi) is 8.83. The molecule has 0 aromatic heterocycles. The zero-order valence-corrected chi connectivity index (χ0v) is 13.3. The summed E-state index contributed by atoms with van der Waals surface area (Å²) in [7, 11) is 1.74. The number of ether oxygens (including phenoxy) is 2. The van der Waals surface area contributed by atoms with Gasteiger partial charge in [0.05, 0.1) is 12.2 Å². The SMILES string of the molecule is CCC(CC)(CCOC(C)(C)C)CNCCOC. The molecule has 110 valence electrons. The maximum Gasteiger partial charge on any atom is 0.0598 e. The molecule has 0 bridgehead atoms. The zero-order valence-electron chi connectivity index (χ0n) is 13.3. The van der Waals surface area contributed by atoms with E-state index in [2.05, 4.69) is 39.9 Å². The molecule has 0 aliphatic rings. The van der Waals surface area contributed by atoms with E-state index < -0.39 is 0 Å². The van der Waals surface area contributed by atoms with Crippen molar-refractivity contribution in [2.45, 2.75) is 59.5 Å². The summed E-state index contributed by atoms with van der Waals surface area (Å²) in [5, 5.41) is 3.50. The predicted molar refractivity (Wildman–Crippen MR) is 78.1 cm³/mol. The summed E-state index contributed by atoms with van der Waals surface area (Å²) in [5.74, 6) is 0. The molecule has 0 aliphatic heterocycles. The Balaban J connectivity index is 4.08. The molecule has 1 N–H and O–H groups in total. The molecule has 0 atom stereocenters. The average molecular weight is 259 g/mol. The van der Waals surface area contributed by atoms with Gasteiger partial charge in [0.1, 0.15) is 0 Å². The summed E-state index contributed by atoms with van der Waals surface area (Å²) in [4.78, 5) is 0. The third-order valence-corrected chi connectivity index (χ3v) is 3.65. The van der Waals surface area contributed by atoms with Crippen LogP contribution in [-0.4, -0.2) is 39.0 Å². The first-order valence-corrected chi connectivity index (χ1v) is 7.23. The average Bonchev–Trinajstić information content (AvgIpc) is 2.31. The lowest BCUT2D eigenvalue weighted by molar-refractivity contribution is -0.0201. The minimum Gasteiger partial charge on any atom is -0.383 e. The monoisotopic (exact) mass is 259 g/mol. The molecule has 0 amide bonds. The van der Waals surface area contributed by atoms with Crippen molar-refractivity contribution in [1.82, 2.24) is 5.32 Å². The minimum atomic E-state index is -0.0310. The van der Waals surface area contributed by atoms with E-state index in [4.69, 9.17) is 9.47 Å². The summed E-state index contributed by atoms with van der Waals surface area (Å²) in [5.41, 5.74) is 0.329. The molecule has 0 aromatic carbocycles. The molecular formula is C15H33NO2. The molecule has 0 unspecified atom stereocenters. The van der Waals surface area contributed by atoms with Gasteiger partial charge < -0.3 is 14.8 Å². The predicted octanol–water partition coefficient (Wildman–Crippen LogP) is 3.23. The number of hydrogen-bond donors (Lipinski definition) is 1. The van der Waals surface area contributed by atoms with Crippen molar-refractivity contribution in [3.8, 4) is 0 Å². The first-order chi connectivity index (χ1) is 8.39. The van der Waals surface area contributed by atoms with Gasteiger partial charge in [0, 0.05) is 26.8 Å². The lowest BCUT2D eigenvalue weighted by atomic mass is 9.79. The summed E-state index contributed by atoms with van der Waals surface area (Å²) in [6, 6.07) is 0. The van der Waals surface area contributed by atoms with E-state index in [1.807, 2.05) is 0 Å². The topological polar surface area (TPSA) is 30.5 Å². The maximum atomic E-state index is 5.86. The summed E-state index contributed by atoms with van der Waals surface area (Å²) in [6.07, 6.45) is 3.51. The van der Waals surface area contributed by atoms with Crippen LogP contribution < -0.4 is 5.32 Å². The van der Waals surface area contributed by atoms with Gasteiger partial charge in [-0.25, -0.2) is 0 Å². The zero-order chi connectivity index (χ0) is 14.1. The molecule has 0 aromatic rings. The normalized spacial score (nSPS) is 13.0. The quantitative estimate of drug-likeness (QED) is 0.611. The fraction of sp³-hybridized carbons (Fsp3) is 1.00. The van der Waals surface area contributed by atoms with Crippen LogP contribution in [0.2, 0.25) is 0 Å². The molecule has 0 rings (SSSR count). The van der Waals surface area contributed by atoms with Gasteiger partial charge in [-0.15, -0.1) is 0 Å².